The van der Waals surface area contributed by atoms with Gasteiger partial charge in [-0.1, -0.05) is 17.7 Å². The molecule has 2 aliphatic heterocycles. The van der Waals surface area contributed by atoms with Gasteiger partial charge in [0.05, 0.1) is 18.6 Å². The Morgan fingerprint density at radius 3 is 2.71 bits per heavy atom. The molecular weight excluding hydrogens is 496 g/mol. The average molecular weight is 517 g/mol. The van der Waals surface area contributed by atoms with E-state index in [0.29, 0.717) is 39.1 Å². The highest BCUT2D eigenvalue weighted by atomic mass is 35.5. The summed E-state index contributed by atoms with van der Waals surface area (Å²) in [6.45, 7) is -0.00953. The molecule has 3 amide bonds. The first-order valence-corrected chi connectivity index (χ1v) is 12.0. The number of rotatable bonds is 8. The van der Waals surface area contributed by atoms with E-state index in [1.807, 2.05) is 0 Å². The second kappa shape index (κ2) is 9.71. The lowest BCUT2D eigenvalue weighted by Gasteiger charge is -2.14. The van der Waals surface area contributed by atoms with Crippen LogP contribution in [0.5, 0.6) is 23.0 Å². The van der Waals surface area contributed by atoms with Gasteiger partial charge in [0.25, 0.3) is 17.1 Å². The normalized spacial score (nSPS) is 17.8. The van der Waals surface area contributed by atoms with Gasteiger partial charge < -0.3 is 24.3 Å². The van der Waals surface area contributed by atoms with Gasteiger partial charge in [-0.3, -0.25) is 19.3 Å². The van der Waals surface area contributed by atoms with E-state index >= 15 is 0 Å². The Kier molecular flexibility index (Phi) is 6.48. The van der Waals surface area contributed by atoms with E-state index in [1.54, 1.807) is 36.4 Å². The number of hydrogen-bond acceptors (Lipinski definition) is 8. The minimum absolute atomic E-state index is 0.0104. The van der Waals surface area contributed by atoms with Crippen molar-refractivity contribution in [2.24, 2.45) is 0 Å². The van der Waals surface area contributed by atoms with Crippen molar-refractivity contribution in [3.05, 3.63) is 51.4 Å². The van der Waals surface area contributed by atoms with Crippen LogP contribution in [0, 0.1) is 0 Å². The third-order valence-electron chi connectivity index (χ3n) is 5.53. The van der Waals surface area contributed by atoms with Crippen LogP contribution in [0.3, 0.4) is 0 Å². The predicted molar refractivity (Wildman–Crippen MR) is 129 cm³/mol. The molecule has 2 heterocycles. The highest BCUT2D eigenvalue weighted by molar-refractivity contribution is 8.18. The number of halogens is 1. The molecule has 0 bridgehead atoms. The van der Waals surface area contributed by atoms with Gasteiger partial charge in [0, 0.05) is 17.1 Å². The first kappa shape index (κ1) is 23.4. The summed E-state index contributed by atoms with van der Waals surface area (Å²) in [7, 11) is 1.49. The number of fused-ring (bicyclic) bond motifs is 1. The molecule has 0 radical (unpaired) electrons. The Hall–Kier alpha value is -3.37. The number of hydrogen-bond donors (Lipinski definition) is 1. The van der Waals surface area contributed by atoms with Crippen LogP contribution >= 0.6 is 23.4 Å². The van der Waals surface area contributed by atoms with Crippen molar-refractivity contribution >= 4 is 46.5 Å². The van der Waals surface area contributed by atoms with Crippen LogP contribution in [0.2, 0.25) is 5.02 Å². The fourth-order valence-corrected chi connectivity index (χ4v) is 4.62. The summed E-state index contributed by atoms with van der Waals surface area (Å²) in [6, 6.07) is 8.60. The van der Waals surface area contributed by atoms with Gasteiger partial charge in [-0.25, -0.2) is 0 Å². The van der Waals surface area contributed by atoms with E-state index in [-0.39, 0.29) is 36.8 Å². The summed E-state index contributed by atoms with van der Waals surface area (Å²) in [5.41, 5.74) is 1.22. The lowest BCUT2D eigenvalue weighted by molar-refractivity contribution is -0.124. The van der Waals surface area contributed by atoms with E-state index in [9.17, 15) is 14.4 Å². The number of nitrogens with zero attached hydrogens (tertiary/aromatic N) is 1. The second-order valence-electron chi connectivity index (χ2n) is 8.11. The third-order valence-corrected chi connectivity index (χ3v) is 6.79. The van der Waals surface area contributed by atoms with Gasteiger partial charge in [0.2, 0.25) is 6.79 Å². The molecule has 182 valence electrons. The number of imide groups is 1. The number of amides is 3. The Bertz CT molecular complexity index is 1240. The van der Waals surface area contributed by atoms with E-state index in [1.165, 1.54) is 7.11 Å². The first-order valence-electron chi connectivity index (χ1n) is 10.8. The molecule has 1 aliphatic carbocycles. The summed E-state index contributed by atoms with van der Waals surface area (Å²) in [5.74, 6) is 1.24. The van der Waals surface area contributed by atoms with Crippen molar-refractivity contribution in [1.82, 2.24) is 10.2 Å². The Balaban J connectivity index is 1.28. The van der Waals surface area contributed by atoms with Crippen molar-refractivity contribution in [1.29, 1.82) is 0 Å². The zero-order chi connectivity index (χ0) is 24.5. The van der Waals surface area contributed by atoms with E-state index < -0.39 is 11.1 Å². The van der Waals surface area contributed by atoms with Crippen molar-refractivity contribution < 1.29 is 33.3 Å². The van der Waals surface area contributed by atoms with Gasteiger partial charge >= 0.3 is 0 Å². The third kappa shape index (κ3) is 5.18. The molecule has 9 nitrogen and oxygen atoms in total. The van der Waals surface area contributed by atoms with Crippen molar-refractivity contribution in [3.8, 4) is 23.0 Å². The zero-order valence-electron chi connectivity index (χ0n) is 18.7. The molecule has 2 aromatic carbocycles. The molecule has 35 heavy (non-hydrogen) atoms. The monoisotopic (exact) mass is 516 g/mol. The molecular formula is C24H21ClN2O7S. The van der Waals surface area contributed by atoms with Crippen molar-refractivity contribution in [2.45, 2.75) is 25.4 Å². The maximum absolute atomic E-state index is 13.0. The summed E-state index contributed by atoms with van der Waals surface area (Å²) in [5, 5.41) is 2.83. The van der Waals surface area contributed by atoms with Gasteiger partial charge in [-0.15, -0.1) is 0 Å². The SMILES string of the molecule is COc1cc(/C=C2\SC(=O)N(Cc3cc4c(cc3Cl)OCO4)C2=O)ccc1OCC(=O)NC1CC1. The maximum atomic E-state index is 13.0. The van der Waals surface area contributed by atoms with Crippen LogP contribution in [-0.4, -0.2) is 48.5 Å². The average Bonchev–Trinajstić information content (AvgIpc) is 3.47. The number of thioether (sulfide) groups is 1. The smallest absolute Gasteiger partial charge is 0.293 e. The quantitative estimate of drug-likeness (QED) is 0.526. The summed E-state index contributed by atoms with van der Waals surface area (Å²) < 4.78 is 21.6. The van der Waals surface area contributed by atoms with Crippen LogP contribution in [0.4, 0.5) is 4.79 Å². The number of carbonyl (C=O) groups is 3. The van der Waals surface area contributed by atoms with Crippen LogP contribution in [0.15, 0.2) is 35.2 Å². The van der Waals surface area contributed by atoms with Crippen molar-refractivity contribution in [3.63, 3.8) is 0 Å². The van der Waals surface area contributed by atoms with Gasteiger partial charge in [0.15, 0.2) is 29.6 Å². The second-order valence-corrected chi connectivity index (χ2v) is 9.51. The number of carbonyl (C=O) groups excluding carboxylic acids is 3. The molecule has 0 atom stereocenters. The Morgan fingerprint density at radius 1 is 1.20 bits per heavy atom. The van der Waals surface area contributed by atoms with Gasteiger partial charge in [-0.2, -0.15) is 0 Å². The minimum atomic E-state index is -0.426. The number of nitrogens with one attached hydrogen (secondary N) is 1. The predicted octanol–water partition coefficient (Wildman–Crippen LogP) is 3.97. The minimum Gasteiger partial charge on any atom is -0.493 e. The fraction of sp³-hybridized carbons (Fsp3) is 0.292. The molecule has 3 aliphatic rings. The number of methoxy groups -OCH3 is 1. The molecule has 0 aromatic heterocycles. The standard InChI is InChI=1S/C24H21ClN2O7S/c1-31-18-6-13(2-5-17(18)32-11-22(28)26-15-3-4-15)7-21-23(29)27(24(30)35-21)10-14-8-19-20(9-16(14)25)34-12-33-19/h2,5-9,15H,3-4,10-12H2,1H3,(H,26,28)/b21-7-. The summed E-state index contributed by atoms with van der Waals surface area (Å²) in [4.78, 5) is 38.9. The van der Waals surface area contributed by atoms with E-state index in [0.717, 1.165) is 29.5 Å². The van der Waals surface area contributed by atoms with Crippen LogP contribution < -0.4 is 24.3 Å². The molecule has 2 fully saturated rings. The summed E-state index contributed by atoms with van der Waals surface area (Å²) >= 11 is 7.16. The van der Waals surface area contributed by atoms with Crippen LogP contribution in [0.1, 0.15) is 24.0 Å². The largest absolute Gasteiger partial charge is 0.493 e. The number of ether oxygens (including phenoxy) is 4. The molecule has 1 saturated heterocycles. The van der Waals surface area contributed by atoms with E-state index in [2.05, 4.69) is 5.32 Å². The summed E-state index contributed by atoms with van der Waals surface area (Å²) in [6.07, 6.45) is 3.61. The molecule has 2 aromatic rings. The molecule has 0 unspecified atom stereocenters. The topological polar surface area (TPSA) is 103 Å². The lowest BCUT2D eigenvalue weighted by atomic mass is 10.1. The first-order chi connectivity index (χ1) is 16.9. The molecule has 11 heteroatoms. The van der Waals surface area contributed by atoms with Gasteiger partial charge in [-0.05, 0) is 60.0 Å². The lowest BCUT2D eigenvalue weighted by Crippen LogP contribution is -2.30. The maximum Gasteiger partial charge on any atom is 0.293 e. The fourth-order valence-electron chi connectivity index (χ4n) is 3.57. The Labute approximate surface area is 210 Å². The number of benzene rings is 2. The highest BCUT2D eigenvalue weighted by Crippen LogP contribution is 2.40. The van der Waals surface area contributed by atoms with Crippen LogP contribution in [-0.2, 0) is 16.1 Å². The molecule has 1 saturated carbocycles. The molecule has 5 rings (SSSR count). The van der Waals surface area contributed by atoms with Crippen molar-refractivity contribution in [2.75, 3.05) is 20.5 Å². The molecule has 0 spiro atoms. The Morgan fingerprint density at radius 2 is 1.97 bits per heavy atom. The highest BCUT2D eigenvalue weighted by Gasteiger charge is 2.36. The van der Waals surface area contributed by atoms with Crippen LogP contribution in [0.25, 0.3) is 6.08 Å². The van der Waals surface area contributed by atoms with E-state index in [4.69, 9.17) is 30.5 Å². The molecule has 1 N–H and O–H groups in total. The zero-order valence-corrected chi connectivity index (χ0v) is 20.2. The van der Waals surface area contributed by atoms with Gasteiger partial charge in [0.1, 0.15) is 0 Å².